The number of hydrogen-bond donors (Lipinski definition) is 0. The van der Waals surface area contributed by atoms with E-state index in [-0.39, 0.29) is 11.3 Å². The highest BCUT2D eigenvalue weighted by Gasteiger charge is 2.17. The van der Waals surface area contributed by atoms with Crippen molar-refractivity contribution in [1.29, 1.82) is 0 Å². The van der Waals surface area contributed by atoms with Gasteiger partial charge in [-0.1, -0.05) is 18.2 Å². The Morgan fingerprint density at radius 3 is 2.41 bits per heavy atom. The van der Waals surface area contributed by atoms with Crippen LogP contribution < -0.4 is 0 Å². The van der Waals surface area contributed by atoms with E-state index < -0.39 is 5.82 Å². The SMILES string of the molecule is O=C(c1ccccc1I)c1cccc(Br)c1F. The molecule has 0 radical (unpaired) electrons. The Morgan fingerprint density at radius 1 is 1.06 bits per heavy atom. The van der Waals surface area contributed by atoms with Gasteiger partial charge >= 0.3 is 0 Å². The van der Waals surface area contributed by atoms with Crippen molar-refractivity contribution >= 4 is 44.3 Å². The quantitative estimate of drug-likeness (QED) is 0.534. The summed E-state index contributed by atoms with van der Waals surface area (Å²) in [6, 6.07) is 11.8. The molecule has 0 unspecified atom stereocenters. The molecule has 86 valence electrons. The summed E-state index contributed by atoms with van der Waals surface area (Å²) in [6.07, 6.45) is 0. The van der Waals surface area contributed by atoms with Crippen LogP contribution in [0, 0.1) is 9.39 Å². The van der Waals surface area contributed by atoms with Crippen molar-refractivity contribution in [2.24, 2.45) is 0 Å². The van der Waals surface area contributed by atoms with Crippen molar-refractivity contribution in [2.45, 2.75) is 0 Å². The number of carbonyl (C=O) groups is 1. The molecule has 0 aliphatic heterocycles. The second-order valence-electron chi connectivity index (χ2n) is 3.41. The molecule has 4 heteroatoms. The van der Waals surface area contributed by atoms with Crippen molar-refractivity contribution < 1.29 is 9.18 Å². The molecule has 0 heterocycles. The fourth-order valence-electron chi connectivity index (χ4n) is 1.47. The number of halogens is 3. The maximum atomic E-state index is 13.8. The first kappa shape index (κ1) is 12.7. The first-order valence-electron chi connectivity index (χ1n) is 4.84. The van der Waals surface area contributed by atoms with Gasteiger partial charge in [-0.15, -0.1) is 0 Å². The second-order valence-corrected chi connectivity index (χ2v) is 5.43. The Labute approximate surface area is 120 Å². The molecular formula is C13H7BrFIO. The number of carbonyl (C=O) groups excluding carboxylic acids is 1. The zero-order chi connectivity index (χ0) is 12.4. The van der Waals surface area contributed by atoms with E-state index in [1.54, 1.807) is 24.3 Å². The second kappa shape index (κ2) is 5.27. The van der Waals surface area contributed by atoms with Crippen LogP contribution in [-0.2, 0) is 0 Å². The van der Waals surface area contributed by atoms with E-state index in [1.165, 1.54) is 6.07 Å². The number of benzene rings is 2. The highest BCUT2D eigenvalue weighted by Crippen LogP contribution is 2.23. The minimum atomic E-state index is -0.517. The van der Waals surface area contributed by atoms with Crippen molar-refractivity contribution in [3.05, 3.63) is 67.5 Å². The van der Waals surface area contributed by atoms with Crippen LogP contribution in [0.25, 0.3) is 0 Å². The van der Waals surface area contributed by atoms with Gasteiger partial charge in [0.2, 0.25) is 0 Å². The molecule has 0 bridgehead atoms. The third-order valence-corrected chi connectivity index (χ3v) is 3.87. The summed E-state index contributed by atoms with van der Waals surface area (Å²) in [5.74, 6) is -0.814. The highest BCUT2D eigenvalue weighted by atomic mass is 127. The van der Waals surface area contributed by atoms with Crippen LogP contribution in [0.3, 0.4) is 0 Å². The zero-order valence-corrected chi connectivity index (χ0v) is 12.3. The Morgan fingerprint density at radius 2 is 1.71 bits per heavy atom. The van der Waals surface area contributed by atoms with E-state index in [0.717, 1.165) is 3.57 Å². The molecule has 2 aromatic rings. The number of hydrogen-bond acceptors (Lipinski definition) is 1. The molecule has 2 aromatic carbocycles. The van der Waals surface area contributed by atoms with Gasteiger partial charge in [-0.05, 0) is 62.8 Å². The minimum Gasteiger partial charge on any atom is -0.288 e. The van der Waals surface area contributed by atoms with Gasteiger partial charge < -0.3 is 0 Å². The molecule has 2 rings (SSSR count). The molecular weight excluding hydrogens is 398 g/mol. The normalized spacial score (nSPS) is 10.3. The summed E-state index contributed by atoms with van der Waals surface area (Å²) in [4.78, 5) is 12.2. The monoisotopic (exact) mass is 404 g/mol. The predicted octanol–water partition coefficient (Wildman–Crippen LogP) is 4.42. The van der Waals surface area contributed by atoms with Crippen LogP contribution in [-0.4, -0.2) is 5.78 Å². The van der Waals surface area contributed by atoms with Crippen molar-refractivity contribution in [3.8, 4) is 0 Å². The Bertz CT molecular complexity index is 583. The fraction of sp³-hybridized carbons (Fsp3) is 0. The maximum Gasteiger partial charge on any atom is 0.197 e. The smallest absolute Gasteiger partial charge is 0.197 e. The molecule has 0 N–H and O–H groups in total. The molecule has 0 aliphatic carbocycles. The van der Waals surface area contributed by atoms with Crippen molar-refractivity contribution in [2.75, 3.05) is 0 Å². The van der Waals surface area contributed by atoms with E-state index >= 15 is 0 Å². The third kappa shape index (κ3) is 2.57. The summed E-state index contributed by atoms with van der Waals surface area (Å²) in [7, 11) is 0. The first-order valence-corrected chi connectivity index (χ1v) is 6.71. The van der Waals surface area contributed by atoms with E-state index in [1.807, 2.05) is 12.1 Å². The van der Waals surface area contributed by atoms with E-state index in [9.17, 15) is 9.18 Å². The van der Waals surface area contributed by atoms with Crippen LogP contribution >= 0.6 is 38.5 Å². The summed E-state index contributed by atoms with van der Waals surface area (Å²) >= 11 is 5.14. The average Bonchev–Trinajstić information content (AvgIpc) is 2.32. The van der Waals surface area contributed by atoms with Crippen LogP contribution in [0.2, 0.25) is 0 Å². The van der Waals surface area contributed by atoms with E-state index in [2.05, 4.69) is 38.5 Å². The Kier molecular flexibility index (Phi) is 3.93. The standard InChI is InChI=1S/C13H7BrFIO/c14-10-6-3-5-9(12(10)15)13(17)8-4-1-2-7-11(8)16/h1-7H. The molecule has 0 aliphatic rings. The van der Waals surface area contributed by atoms with Gasteiger partial charge in [0.1, 0.15) is 5.82 Å². The first-order chi connectivity index (χ1) is 8.11. The topological polar surface area (TPSA) is 17.1 Å². The van der Waals surface area contributed by atoms with Gasteiger partial charge in [-0.25, -0.2) is 4.39 Å². The lowest BCUT2D eigenvalue weighted by atomic mass is 10.0. The van der Waals surface area contributed by atoms with Crippen molar-refractivity contribution in [1.82, 2.24) is 0 Å². The molecule has 0 fully saturated rings. The zero-order valence-electron chi connectivity index (χ0n) is 8.58. The summed E-state index contributed by atoms with van der Waals surface area (Å²) in [5.41, 5.74) is 0.605. The van der Waals surface area contributed by atoms with Crippen molar-refractivity contribution in [3.63, 3.8) is 0 Å². The van der Waals surface area contributed by atoms with E-state index in [0.29, 0.717) is 10.0 Å². The summed E-state index contributed by atoms with van der Waals surface area (Å²) in [5, 5.41) is 0. The van der Waals surface area contributed by atoms with Gasteiger partial charge in [0.15, 0.2) is 5.78 Å². The molecule has 0 spiro atoms. The van der Waals surface area contributed by atoms with Crippen LogP contribution in [0.1, 0.15) is 15.9 Å². The lowest BCUT2D eigenvalue weighted by Crippen LogP contribution is -2.06. The lowest BCUT2D eigenvalue weighted by Gasteiger charge is -2.05. The van der Waals surface area contributed by atoms with Crippen LogP contribution in [0.15, 0.2) is 46.9 Å². The van der Waals surface area contributed by atoms with Crippen LogP contribution in [0.4, 0.5) is 4.39 Å². The maximum absolute atomic E-state index is 13.8. The highest BCUT2D eigenvalue weighted by molar-refractivity contribution is 14.1. The predicted molar refractivity (Wildman–Crippen MR) is 76.7 cm³/mol. The molecule has 0 aromatic heterocycles. The third-order valence-electron chi connectivity index (χ3n) is 2.31. The van der Waals surface area contributed by atoms with Crippen LogP contribution in [0.5, 0.6) is 0 Å². The van der Waals surface area contributed by atoms with E-state index in [4.69, 9.17) is 0 Å². The average molecular weight is 405 g/mol. The van der Waals surface area contributed by atoms with Gasteiger partial charge in [0, 0.05) is 9.13 Å². The molecule has 1 nitrogen and oxygen atoms in total. The molecule has 17 heavy (non-hydrogen) atoms. The largest absolute Gasteiger partial charge is 0.288 e. The number of ketones is 1. The van der Waals surface area contributed by atoms with Gasteiger partial charge in [0.05, 0.1) is 10.0 Å². The molecule has 0 saturated heterocycles. The van der Waals surface area contributed by atoms with Gasteiger partial charge in [-0.2, -0.15) is 0 Å². The lowest BCUT2D eigenvalue weighted by molar-refractivity contribution is 0.103. The van der Waals surface area contributed by atoms with Gasteiger partial charge in [0.25, 0.3) is 0 Å². The fourth-order valence-corrected chi connectivity index (χ4v) is 2.47. The van der Waals surface area contributed by atoms with Gasteiger partial charge in [-0.3, -0.25) is 4.79 Å². The Balaban J connectivity index is 2.52. The minimum absolute atomic E-state index is 0.0866. The molecule has 0 atom stereocenters. The Hall–Kier alpha value is -0.750. The summed E-state index contributed by atoms with van der Waals surface area (Å²) < 4.78 is 14.9. The summed E-state index contributed by atoms with van der Waals surface area (Å²) in [6.45, 7) is 0. The molecule has 0 amide bonds. The number of rotatable bonds is 2. The molecule has 0 saturated carbocycles.